The standard InChI is InChI=1S/C25H27N5O3/c1-17-6-11-23(27-14-17)28-19-7-10-22(18(13-19)16-30-12-4-5-24(30)31)33-20-8-9-21(26-15-20)25(32)29(2)3/h6-11,13-15H,4-5,12,16H2,1-3H3,(H,27,28). The maximum Gasteiger partial charge on any atom is 0.271 e. The predicted octanol–water partition coefficient (Wildman–Crippen LogP) is 4.15. The van der Waals surface area contributed by atoms with Crippen molar-refractivity contribution in [3.63, 3.8) is 0 Å². The summed E-state index contributed by atoms with van der Waals surface area (Å²) in [5, 5.41) is 3.30. The van der Waals surface area contributed by atoms with Gasteiger partial charge in [-0.1, -0.05) is 6.07 Å². The Balaban J connectivity index is 1.58. The summed E-state index contributed by atoms with van der Waals surface area (Å²) in [5.74, 6) is 1.86. The molecule has 3 aromatic rings. The van der Waals surface area contributed by atoms with Gasteiger partial charge in [0, 0.05) is 51.1 Å². The Morgan fingerprint density at radius 3 is 2.61 bits per heavy atom. The second kappa shape index (κ2) is 9.68. The lowest BCUT2D eigenvalue weighted by Crippen LogP contribution is -2.24. The lowest BCUT2D eigenvalue weighted by atomic mass is 10.1. The number of nitrogens with zero attached hydrogens (tertiary/aromatic N) is 4. The third kappa shape index (κ3) is 5.46. The van der Waals surface area contributed by atoms with Gasteiger partial charge in [-0.3, -0.25) is 9.59 Å². The largest absolute Gasteiger partial charge is 0.455 e. The molecule has 1 aliphatic heterocycles. The highest BCUT2D eigenvalue weighted by Gasteiger charge is 2.22. The number of ether oxygens (including phenoxy) is 1. The van der Waals surface area contributed by atoms with Crippen LogP contribution in [0.2, 0.25) is 0 Å². The highest BCUT2D eigenvalue weighted by molar-refractivity contribution is 5.91. The van der Waals surface area contributed by atoms with Crippen LogP contribution in [0.25, 0.3) is 0 Å². The van der Waals surface area contributed by atoms with Gasteiger partial charge >= 0.3 is 0 Å². The summed E-state index contributed by atoms with van der Waals surface area (Å²) in [7, 11) is 3.37. The van der Waals surface area contributed by atoms with Crippen LogP contribution in [0.3, 0.4) is 0 Å². The minimum Gasteiger partial charge on any atom is -0.455 e. The van der Waals surface area contributed by atoms with E-state index >= 15 is 0 Å². The van der Waals surface area contributed by atoms with Gasteiger partial charge in [0.15, 0.2) is 0 Å². The molecule has 1 aromatic carbocycles. The number of benzene rings is 1. The first-order chi connectivity index (χ1) is 15.9. The quantitative estimate of drug-likeness (QED) is 0.588. The number of amides is 2. The van der Waals surface area contributed by atoms with Crippen molar-refractivity contribution < 1.29 is 14.3 Å². The van der Waals surface area contributed by atoms with Crippen molar-refractivity contribution in [3.05, 3.63) is 71.7 Å². The van der Waals surface area contributed by atoms with Crippen LogP contribution in [-0.2, 0) is 11.3 Å². The molecule has 3 heterocycles. The number of rotatable bonds is 7. The van der Waals surface area contributed by atoms with Crippen molar-refractivity contribution in [2.24, 2.45) is 0 Å². The minimum atomic E-state index is -0.171. The molecular formula is C25H27N5O3. The Bertz CT molecular complexity index is 1140. The molecule has 0 radical (unpaired) electrons. The summed E-state index contributed by atoms with van der Waals surface area (Å²) in [6.45, 7) is 3.18. The molecule has 8 nitrogen and oxygen atoms in total. The number of hydrogen-bond donors (Lipinski definition) is 1. The third-order valence-electron chi connectivity index (χ3n) is 5.37. The Morgan fingerprint density at radius 2 is 1.97 bits per heavy atom. The molecule has 1 fully saturated rings. The minimum absolute atomic E-state index is 0.146. The van der Waals surface area contributed by atoms with E-state index in [1.54, 1.807) is 32.4 Å². The average Bonchev–Trinajstić information content (AvgIpc) is 3.21. The lowest BCUT2D eigenvalue weighted by Gasteiger charge is -2.19. The molecule has 0 saturated carbocycles. The van der Waals surface area contributed by atoms with Gasteiger partial charge < -0.3 is 19.9 Å². The average molecular weight is 446 g/mol. The number of aromatic nitrogens is 2. The third-order valence-corrected chi connectivity index (χ3v) is 5.37. The summed E-state index contributed by atoms with van der Waals surface area (Å²) in [6, 6.07) is 13.0. The van der Waals surface area contributed by atoms with E-state index in [-0.39, 0.29) is 11.8 Å². The van der Waals surface area contributed by atoms with Gasteiger partial charge in [0.1, 0.15) is 23.0 Å². The monoisotopic (exact) mass is 445 g/mol. The fourth-order valence-corrected chi connectivity index (χ4v) is 3.57. The van der Waals surface area contributed by atoms with Crippen molar-refractivity contribution in [2.75, 3.05) is 26.0 Å². The maximum absolute atomic E-state index is 12.2. The van der Waals surface area contributed by atoms with E-state index in [1.807, 2.05) is 42.2 Å². The Kier molecular flexibility index (Phi) is 6.53. The van der Waals surface area contributed by atoms with Crippen LogP contribution in [0, 0.1) is 6.92 Å². The topological polar surface area (TPSA) is 87.7 Å². The van der Waals surface area contributed by atoms with Gasteiger partial charge in [0.25, 0.3) is 5.91 Å². The zero-order chi connectivity index (χ0) is 23.4. The first-order valence-electron chi connectivity index (χ1n) is 10.8. The van der Waals surface area contributed by atoms with Crippen LogP contribution in [0.1, 0.15) is 34.5 Å². The Labute approximate surface area is 193 Å². The number of carbonyl (C=O) groups excluding carboxylic acids is 2. The molecule has 8 heteroatoms. The second-order valence-electron chi connectivity index (χ2n) is 8.27. The lowest BCUT2D eigenvalue weighted by molar-refractivity contribution is -0.128. The van der Waals surface area contributed by atoms with Gasteiger partial charge in [0.2, 0.25) is 5.91 Å². The Morgan fingerprint density at radius 1 is 1.12 bits per heavy atom. The predicted molar refractivity (Wildman–Crippen MR) is 126 cm³/mol. The van der Waals surface area contributed by atoms with E-state index in [2.05, 4.69) is 15.3 Å². The van der Waals surface area contributed by atoms with Gasteiger partial charge in [-0.05, 0) is 55.3 Å². The number of anilines is 2. The highest BCUT2D eigenvalue weighted by Crippen LogP contribution is 2.31. The van der Waals surface area contributed by atoms with Crippen molar-refractivity contribution in [2.45, 2.75) is 26.3 Å². The molecule has 1 N–H and O–H groups in total. The van der Waals surface area contributed by atoms with E-state index in [1.165, 1.54) is 11.1 Å². The fourth-order valence-electron chi connectivity index (χ4n) is 3.57. The summed E-state index contributed by atoms with van der Waals surface area (Å²) in [4.78, 5) is 36.2. The van der Waals surface area contributed by atoms with E-state index in [4.69, 9.17) is 4.74 Å². The zero-order valence-corrected chi connectivity index (χ0v) is 19.0. The molecule has 1 aliphatic rings. The van der Waals surface area contributed by atoms with Crippen LogP contribution in [-0.4, -0.2) is 52.2 Å². The smallest absolute Gasteiger partial charge is 0.271 e. The molecule has 0 spiro atoms. The van der Waals surface area contributed by atoms with Crippen LogP contribution in [0.4, 0.5) is 11.5 Å². The summed E-state index contributed by atoms with van der Waals surface area (Å²) in [6.07, 6.45) is 4.78. The molecule has 2 aromatic heterocycles. The van der Waals surface area contributed by atoms with Crippen molar-refractivity contribution in [1.82, 2.24) is 19.8 Å². The molecule has 0 bridgehead atoms. The van der Waals surface area contributed by atoms with Crippen molar-refractivity contribution in [3.8, 4) is 11.5 Å². The van der Waals surface area contributed by atoms with E-state index in [0.717, 1.165) is 35.6 Å². The fraction of sp³-hybridized carbons (Fsp3) is 0.280. The van der Waals surface area contributed by atoms with E-state index in [9.17, 15) is 9.59 Å². The van der Waals surface area contributed by atoms with Gasteiger partial charge in [-0.15, -0.1) is 0 Å². The maximum atomic E-state index is 12.2. The number of aryl methyl sites for hydroxylation is 1. The number of pyridine rings is 2. The first-order valence-corrected chi connectivity index (χ1v) is 10.8. The SMILES string of the molecule is Cc1ccc(Nc2ccc(Oc3ccc(C(=O)N(C)C)nc3)c(CN3CCCC3=O)c2)nc1. The highest BCUT2D eigenvalue weighted by atomic mass is 16.5. The number of nitrogens with one attached hydrogen (secondary N) is 1. The van der Waals surface area contributed by atoms with E-state index in [0.29, 0.717) is 30.2 Å². The van der Waals surface area contributed by atoms with Gasteiger partial charge in [-0.2, -0.15) is 0 Å². The van der Waals surface area contributed by atoms with Crippen LogP contribution >= 0.6 is 0 Å². The normalized spacial score (nSPS) is 13.2. The molecule has 0 unspecified atom stereocenters. The van der Waals surface area contributed by atoms with Crippen LogP contribution in [0.15, 0.2) is 54.9 Å². The van der Waals surface area contributed by atoms with Crippen LogP contribution in [0.5, 0.6) is 11.5 Å². The second-order valence-corrected chi connectivity index (χ2v) is 8.27. The van der Waals surface area contributed by atoms with Crippen molar-refractivity contribution >= 4 is 23.3 Å². The number of carbonyl (C=O) groups is 2. The molecule has 33 heavy (non-hydrogen) atoms. The van der Waals surface area contributed by atoms with Crippen LogP contribution < -0.4 is 10.1 Å². The summed E-state index contributed by atoms with van der Waals surface area (Å²) in [5.41, 5.74) is 3.16. The molecule has 0 aliphatic carbocycles. The Hall–Kier alpha value is -3.94. The number of hydrogen-bond acceptors (Lipinski definition) is 6. The molecule has 4 rings (SSSR count). The van der Waals surface area contributed by atoms with Gasteiger partial charge in [0.05, 0.1) is 6.20 Å². The molecule has 170 valence electrons. The van der Waals surface area contributed by atoms with Crippen molar-refractivity contribution in [1.29, 1.82) is 0 Å². The number of likely N-dealkylation sites (tertiary alicyclic amines) is 1. The molecule has 2 amide bonds. The zero-order valence-electron chi connectivity index (χ0n) is 19.0. The molecule has 0 atom stereocenters. The first kappa shape index (κ1) is 22.3. The summed E-state index contributed by atoms with van der Waals surface area (Å²) >= 11 is 0. The van der Waals surface area contributed by atoms with E-state index < -0.39 is 0 Å². The molecular weight excluding hydrogens is 418 g/mol. The van der Waals surface area contributed by atoms with Gasteiger partial charge in [-0.25, -0.2) is 9.97 Å². The summed E-state index contributed by atoms with van der Waals surface area (Å²) < 4.78 is 6.10. The molecule has 1 saturated heterocycles.